The van der Waals surface area contributed by atoms with Crippen molar-refractivity contribution in [2.75, 3.05) is 5.75 Å². The molecule has 0 aliphatic carbocycles. The molecule has 6 heteroatoms. The van der Waals surface area contributed by atoms with Gasteiger partial charge in [0.2, 0.25) is 5.91 Å². The molecule has 0 fully saturated rings. The smallest absolute Gasteiger partial charge is 0.233 e. The van der Waals surface area contributed by atoms with Crippen LogP contribution in [0.5, 0.6) is 0 Å². The highest BCUT2D eigenvalue weighted by molar-refractivity contribution is 7.99. The van der Waals surface area contributed by atoms with E-state index in [-0.39, 0.29) is 18.0 Å². The number of aromatic nitrogens is 3. The fourth-order valence-corrected chi connectivity index (χ4v) is 4.29. The average molecular weight is 371 g/mol. The van der Waals surface area contributed by atoms with E-state index in [4.69, 9.17) is 0 Å². The first kappa shape index (κ1) is 18.7. The molecule has 3 aromatic rings. The molecule has 0 saturated carbocycles. The van der Waals surface area contributed by atoms with Gasteiger partial charge in [0.25, 0.3) is 0 Å². The van der Waals surface area contributed by atoms with Gasteiger partial charge in [-0.05, 0) is 70.2 Å². The summed E-state index contributed by atoms with van der Waals surface area (Å²) in [5, 5.41) is 10.6. The van der Waals surface area contributed by atoms with E-state index in [1.165, 1.54) is 17.3 Å². The van der Waals surface area contributed by atoms with Crippen molar-refractivity contribution < 1.29 is 4.79 Å². The lowest BCUT2D eigenvalue weighted by Gasteiger charge is -2.30. The molecule has 0 N–H and O–H groups in total. The molecule has 3 rings (SSSR count). The molecule has 0 spiro atoms. The third kappa shape index (κ3) is 3.43. The van der Waals surface area contributed by atoms with Crippen molar-refractivity contribution in [1.29, 1.82) is 0 Å². The maximum absolute atomic E-state index is 12.7. The third-order valence-corrected chi connectivity index (χ3v) is 5.42. The van der Waals surface area contributed by atoms with Crippen LogP contribution in [0.2, 0.25) is 0 Å². The molecule has 0 bridgehead atoms. The summed E-state index contributed by atoms with van der Waals surface area (Å²) in [4.78, 5) is 14.6. The van der Waals surface area contributed by atoms with Gasteiger partial charge in [-0.2, -0.15) is 0 Å². The SMILES string of the molecule is Cc1ccc2cc(C)c3nnc(SCC(=O)N(C(C)C)C(C)C)n3c2c1. The summed E-state index contributed by atoms with van der Waals surface area (Å²) in [5.41, 5.74) is 4.20. The highest BCUT2D eigenvalue weighted by Crippen LogP contribution is 2.26. The Bertz CT molecular complexity index is 953. The maximum atomic E-state index is 12.7. The third-order valence-electron chi connectivity index (χ3n) is 4.51. The number of nitrogens with zero attached hydrogens (tertiary/aromatic N) is 4. The Labute approximate surface area is 158 Å². The van der Waals surface area contributed by atoms with Crippen LogP contribution < -0.4 is 0 Å². The van der Waals surface area contributed by atoms with Crippen molar-refractivity contribution in [3.63, 3.8) is 0 Å². The molecule has 2 aromatic heterocycles. The molecule has 1 amide bonds. The number of benzene rings is 1. The first-order chi connectivity index (χ1) is 12.3. The van der Waals surface area contributed by atoms with Gasteiger partial charge in [-0.25, -0.2) is 0 Å². The van der Waals surface area contributed by atoms with Crippen molar-refractivity contribution in [2.24, 2.45) is 0 Å². The Kier molecular flexibility index (Phi) is 5.23. The Hall–Kier alpha value is -2.08. The fraction of sp³-hybridized carbons (Fsp3) is 0.450. The molecular weight excluding hydrogens is 344 g/mol. The number of amides is 1. The zero-order valence-corrected chi connectivity index (χ0v) is 17.1. The van der Waals surface area contributed by atoms with Crippen LogP contribution in [0.25, 0.3) is 16.6 Å². The second kappa shape index (κ2) is 7.27. The van der Waals surface area contributed by atoms with Crippen LogP contribution in [0.15, 0.2) is 29.4 Å². The topological polar surface area (TPSA) is 50.5 Å². The Morgan fingerprint density at radius 3 is 2.46 bits per heavy atom. The van der Waals surface area contributed by atoms with Gasteiger partial charge in [-0.1, -0.05) is 23.9 Å². The van der Waals surface area contributed by atoms with E-state index in [0.29, 0.717) is 5.75 Å². The van der Waals surface area contributed by atoms with Gasteiger partial charge in [0.1, 0.15) is 0 Å². The summed E-state index contributed by atoms with van der Waals surface area (Å²) >= 11 is 1.46. The molecule has 2 heterocycles. The molecular formula is C20H26N4OS. The first-order valence-electron chi connectivity index (χ1n) is 8.98. The Morgan fingerprint density at radius 1 is 1.12 bits per heavy atom. The number of carbonyl (C=O) groups excluding carboxylic acids is 1. The predicted molar refractivity (Wildman–Crippen MR) is 108 cm³/mol. The number of fused-ring (bicyclic) bond motifs is 3. The van der Waals surface area contributed by atoms with E-state index in [2.05, 4.69) is 73.5 Å². The van der Waals surface area contributed by atoms with Crippen LogP contribution in [0.4, 0.5) is 0 Å². The van der Waals surface area contributed by atoms with Crippen molar-refractivity contribution in [3.05, 3.63) is 35.4 Å². The van der Waals surface area contributed by atoms with E-state index in [0.717, 1.165) is 27.3 Å². The van der Waals surface area contributed by atoms with Crippen LogP contribution in [0.1, 0.15) is 38.8 Å². The van der Waals surface area contributed by atoms with Gasteiger partial charge >= 0.3 is 0 Å². The summed E-state index contributed by atoms with van der Waals surface area (Å²) in [7, 11) is 0. The quantitative estimate of drug-likeness (QED) is 0.631. The lowest BCUT2D eigenvalue weighted by atomic mass is 10.1. The largest absolute Gasteiger partial charge is 0.337 e. The zero-order valence-electron chi connectivity index (χ0n) is 16.3. The molecule has 0 aliphatic heterocycles. The van der Waals surface area contributed by atoms with Crippen LogP contribution >= 0.6 is 11.8 Å². The summed E-state index contributed by atoms with van der Waals surface area (Å²) < 4.78 is 2.07. The summed E-state index contributed by atoms with van der Waals surface area (Å²) in [6, 6.07) is 8.88. The standard InChI is InChI=1S/C20H26N4OS/c1-12(2)23(13(3)4)18(25)11-26-20-22-21-19-15(6)10-16-8-7-14(5)9-17(16)24(19)20/h7-10,12-13H,11H2,1-6H3. The Balaban J connectivity index is 1.97. The van der Waals surface area contributed by atoms with E-state index in [1.54, 1.807) is 0 Å². The number of hydrogen-bond donors (Lipinski definition) is 0. The molecule has 0 saturated heterocycles. The average Bonchev–Trinajstić information content (AvgIpc) is 2.98. The second-order valence-corrected chi connectivity index (χ2v) is 8.25. The molecule has 138 valence electrons. The van der Waals surface area contributed by atoms with E-state index >= 15 is 0 Å². The van der Waals surface area contributed by atoms with Crippen LogP contribution in [-0.2, 0) is 4.79 Å². The van der Waals surface area contributed by atoms with Gasteiger partial charge in [0.15, 0.2) is 10.8 Å². The summed E-state index contributed by atoms with van der Waals surface area (Å²) in [6.07, 6.45) is 0. The highest BCUT2D eigenvalue weighted by Gasteiger charge is 2.21. The van der Waals surface area contributed by atoms with Gasteiger partial charge in [0, 0.05) is 12.1 Å². The summed E-state index contributed by atoms with van der Waals surface area (Å²) in [6.45, 7) is 12.3. The highest BCUT2D eigenvalue weighted by atomic mass is 32.2. The number of hydrogen-bond acceptors (Lipinski definition) is 4. The first-order valence-corrected chi connectivity index (χ1v) is 9.97. The minimum Gasteiger partial charge on any atom is -0.337 e. The van der Waals surface area contributed by atoms with Gasteiger partial charge < -0.3 is 4.90 Å². The van der Waals surface area contributed by atoms with Crippen LogP contribution in [0, 0.1) is 13.8 Å². The van der Waals surface area contributed by atoms with Crippen LogP contribution in [0.3, 0.4) is 0 Å². The second-order valence-electron chi connectivity index (χ2n) is 7.31. The number of thioether (sulfide) groups is 1. The minimum absolute atomic E-state index is 0.130. The van der Waals surface area contributed by atoms with E-state index in [9.17, 15) is 4.79 Å². The van der Waals surface area contributed by atoms with Gasteiger partial charge in [-0.3, -0.25) is 9.20 Å². The fourth-order valence-electron chi connectivity index (χ4n) is 3.48. The van der Waals surface area contributed by atoms with E-state index < -0.39 is 0 Å². The normalized spacial score (nSPS) is 11.8. The molecule has 5 nitrogen and oxygen atoms in total. The van der Waals surface area contributed by atoms with Crippen molar-refractivity contribution in [3.8, 4) is 0 Å². The molecule has 1 aromatic carbocycles. The molecule has 26 heavy (non-hydrogen) atoms. The molecule has 0 radical (unpaired) electrons. The van der Waals surface area contributed by atoms with Crippen molar-refractivity contribution in [2.45, 2.75) is 58.8 Å². The number of pyridine rings is 1. The lowest BCUT2D eigenvalue weighted by molar-refractivity contribution is -0.131. The maximum Gasteiger partial charge on any atom is 0.233 e. The molecule has 0 aliphatic rings. The zero-order chi connectivity index (χ0) is 19.0. The van der Waals surface area contributed by atoms with Crippen molar-refractivity contribution in [1.82, 2.24) is 19.5 Å². The number of aryl methyl sites for hydroxylation is 2. The minimum atomic E-state index is 0.130. The van der Waals surface area contributed by atoms with Gasteiger partial charge in [-0.15, -0.1) is 10.2 Å². The Morgan fingerprint density at radius 2 is 1.81 bits per heavy atom. The molecule has 0 unspecified atom stereocenters. The summed E-state index contributed by atoms with van der Waals surface area (Å²) in [5.74, 6) is 0.489. The van der Waals surface area contributed by atoms with E-state index in [1.807, 2.05) is 11.8 Å². The van der Waals surface area contributed by atoms with Crippen molar-refractivity contribution >= 4 is 34.2 Å². The molecule has 0 atom stereocenters. The lowest BCUT2D eigenvalue weighted by Crippen LogP contribution is -2.43. The predicted octanol–water partition coefficient (Wildman–Crippen LogP) is 4.24. The number of carbonyl (C=O) groups is 1. The number of rotatable bonds is 5. The van der Waals surface area contributed by atoms with Gasteiger partial charge in [0.05, 0.1) is 11.3 Å². The monoisotopic (exact) mass is 370 g/mol. The van der Waals surface area contributed by atoms with Crippen LogP contribution in [-0.4, -0.2) is 43.2 Å².